The van der Waals surface area contributed by atoms with Crippen LogP contribution in [-0.4, -0.2) is 22.3 Å². The van der Waals surface area contributed by atoms with Crippen molar-refractivity contribution in [1.29, 1.82) is 5.41 Å². The number of aromatic nitrogens is 2. The van der Waals surface area contributed by atoms with Crippen molar-refractivity contribution in [2.45, 2.75) is 19.8 Å². The molecule has 0 saturated carbocycles. The molecule has 0 saturated heterocycles. The third kappa shape index (κ3) is 3.89. The molecule has 0 fully saturated rings. The molecule has 0 spiro atoms. The number of hydrogen-bond donors (Lipinski definition) is 2. The van der Waals surface area contributed by atoms with E-state index in [1.165, 1.54) is 29.2 Å². The van der Waals surface area contributed by atoms with Gasteiger partial charge in [-0.05, 0) is 24.5 Å². The van der Waals surface area contributed by atoms with Gasteiger partial charge < -0.3 is 5.73 Å². The van der Waals surface area contributed by atoms with E-state index in [1.807, 2.05) is 6.26 Å². The lowest BCUT2D eigenvalue weighted by atomic mass is 10.1. The van der Waals surface area contributed by atoms with Crippen molar-refractivity contribution in [2.24, 2.45) is 5.73 Å². The highest BCUT2D eigenvalue weighted by atomic mass is 32.2. The van der Waals surface area contributed by atoms with Gasteiger partial charge in [0.1, 0.15) is 5.84 Å². The predicted molar refractivity (Wildman–Crippen MR) is 78.3 cm³/mol. The zero-order valence-corrected chi connectivity index (χ0v) is 13.0. The molecule has 1 aromatic carbocycles. The fourth-order valence-corrected chi connectivity index (χ4v) is 3.94. The minimum atomic E-state index is -4.47. The van der Waals surface area contributed by atoms with Crippen LogP contribution < -0.4 is 5.73 Å². The summed E-state index contributed by atoms with van der Waals surface area (Å²) in [4.78, 5) is 0.444. The smallest absolute Gasteiger partial charge is 0.384 e. The molecule has 0 radical (unpaired) electrons. The lowest BCUT2D eigenvalue weighted by molar-refractivity contribution is -0.137. The van der Waals surface area contributed by atoms with Crippen LogP contribution in [0.5, 0.6) is 0 Å². The monoisotopic (exact) mass is 350 g/mol. The Morgan fingerprint density at radius 1 is 1.29 bits per heavy atom. The van der Waals surface area contributed by atoms with Gasteiger partial charge in [-0.1, -0.05) is 34.9 Å². The predicted octanol–water partition coefficient (Wildman–Crippen LogP) is 3.71. The van der Waals surface area contributed by atoms with Crippen LogP contribution in [0, 0.1) is 5.41 Å². The molecule has 0 aliphatic carbocycles. The molecule has 0 aliphatic heterocycles. The molecule has 3 N–H and O–H groups in total. The van der Waals surface area contributed by atoms with Crippen molar-refractivity contribution >= 4 is 40.7 Å². The second-order valence-corrected chi connectivity index (χ2v) is 7.08. The minimum Gasteiger partial charge on any atom is -0.384 e. The average Bonchev–Trinajstić information content (AvgIpc) is 2.85. The van der Waals surface area contributed by atoms with Crippen molar-refractivity contribution < 1.29 is 13.2 Å². The molecule has 0 atom stereocenters. The van der Waals surface area contributed by atoms with Gasteiger partial charge in [0.15, 0.2) is 8.68 Å². The molecule has 1 heterocycles. The van der Waals surface area contributed by atoms with Crippen LogP contribution in [0.3, 0.4) is 0 Å². The van der Waals surface area contributed by atoms with Crippen molar-refractivity contribution in [3.8, 4) is 0 Å². The van der Waals surface area contributed by atoms with Gasteiger partial charge in [0.05, 0.1) is 5.56 Å². The molecule has 1 aromatic heterocycles. The Bertz CT molecular complexity index is 669. The molecule has 2 rings (SSSR count). The third-order valence-electron chi connectivity index (χ3n) is 2.36. The van der Waals surface area contributed by atoms with Crippen molar-refractivity contribution in [2.75, 3.05) is 6.26 Å². The number of benzene rings is 1. The standard InChI is InChI=1S/C11H9F3N4S3/c1-19-9-17-18-10(21-9)20-7-3-2-5(11(12,13)14)4-6(7)8(15)16/h2-4H,1H3,(H3,15,16). The topological polar surface area (TPSA) is 75.7 Å². The van der Waals surface area contributed by atoms with E-state index in [-0.39, 0.29) is 5.56 Å². The summed E-state index contributed by atoms with van der Waals surface area (Å²) < 4.78 is 39.4. The minimum absolute atomic E-state index is 0.0377. The maximum absolute atomic E-state index is 12.7. The van der Waals surface area contributed by atoms with Crippen molar-refractivity contribution in [1.82, 2.24) is 10.2 Å². The van der Waals surface area contributed by atoms with Crippen LogP contribution in [0.25, 0.3) is 0 Å². The number of nitrogen functional groups attached to an aromatic ring is 1. The normalized spacial score (nSPS) is 11.6. The van der Waals surface area contributed by atoms with Gasteiger partial charge in [-0.25, -0.2) is 0 Å². The lowest BCUT2D eigenvalue weighted by Crippen LogP contribution is -2.14. The number of thioether (sulfide) groups is 1. The highest BCUT2D eigenvalue weighted by Gasteiger charge is 2.31. The molecule has 0 unspecified atom stereocenters. The largest absolute Gasteiger partial charge is 0.416 e. The molecular weight excluding hydrogens is 341 g/mol. The van der Waals surface area contributed by atoms with Gasteiger partial charge in [0, 0.05) is 10.5 Å². The van der Waals surface area contributed by atoms with Gasteiger partial charge in [-0.15, -0.1) is 10.2 Å². The van der Waals surface area contributed by atoms with Crippen LogP contribution in [0.1, 0.15) is 11.1 Å². The fraction of sp³-hybridized carbons (Fsp3) is 0.182. The number of alkyl halides is 3. The number of nitrogens with one attached hydrogen (secondary N) is 1. The number of nitrogens with zero attached hydrogens (tertiary/aromatic N) is 2. The summed E-state index contributed by atoms with van der Waals surface area (Å²) in [6, 6.07) is 3.14. The second-order valence-electron chi connectivity index (χ2n) is 3.76. The molecule has 21 heavy (non-hydrogen) atoms. The van der Waals surface area contributed by atoms with Crippen LogP contribution in [-0.2, 0) is 6.18 Å². The number of nitrogens with two attached hydrogens (primary N) is 1. The maximum atomic E-state index is 12.7. The maximum Gasteiger partial charge on any atom is 0.416 e. The van der Waals surface area contributed by atoms with E-state index in [2.05, 4.69) is 10.2 Å². The fourth-order valence-electron chi connectivity index (χ4n) is 1.42. The molecule has 2 aromatic rings. The summed E-state index contributed by atoms with van der Waals surface area (Å²) in [6.07, 6.45) is -2.61. The van der Waals surface area contributed by atoms with E-state index in [9.17, 15) is 13.2 Å². The SMILES string of the molecule is CSc1nnc(Sc2ccc(C(F)(F)F)cc2C(=N)N)s1. The summed E-state index contributed by atoms with van der Waals surface area (Å²) in [6.45, 7) is 0. The Labute approximate surface area is 130 Å². The Morgan fingerprint density at radius 3 is 2.48 bits per heavy atom. The van der Waals surface area contributed by atoms with Gasteiger partial charge >= 0.3 is 6.18 Å². The van der Waals surface area contributed by atoms with E-state index < -0.39 is 17.6 Å². The van der Waals surface area contributed by atoms with Gasteiger partial charge in [0.2, 0.25) is 0 Å². The average molecular weight is 350 g/mol. The summed E-state index contributed by atoms with van der Waals surface area (Å²) >= 11 is 3.90. The Morgan fingerprint density at radius 2 is 1.95 bits per heavy atom. The summed E-state index contributed by atoms with van der Waals surface area (Å²) in [5.74, 6) is -0.418. The van der Waals surface area contributed by atoms with E-state index in [0.717, 1.165) is 28.2 Å². The van der Waals surface area contributed by atoms with Crippen molar-refractivity contribution in [3.05, 3.63) is 29.3 Å². The number of halogens is 3. The summed E-state index contributed by atoms with van der Waals surface area (Å²) in [5, 5.41) is 15.3. The van der Waals surface area contributed by atoms with Crippen LogP contribution in [0.15, 0.2) is 31.8 Å². The van der Waals surface area contributed by atoms with Gasteiger partial charge in [-0.2, -0.15) is 13.2 Å². The molecule has 0 bridgehead atoms. The number of rotatable bonds is 4. The second kappa shape index (κ2) is 6.24. The first kappa shape index (κ1) is 16.1. The molecule has 0 amide bonds. The number of amidine groups is 1. The van der Waals surface area contributed by atoms with E-state index >= 15 is 0 Å². The first-order valence-electron chi connectivity index (χ1n) is 5.42. The van der Waals surface area contributed by atoms with Crippen LogP contribution >= 0.6 is 34.9 Å². The first-order valence-corrected chi connectivity index (χ1v) is 8.28. The number of hydrogen-bond acceptors (Lipinski definition) is 6. The summed E-state index contributed by atoms with van der Waals surface area (Å²) in [5.41, 5.74) is 4.58. The van der Waals surface area contributed by atoms with Crippen LogP contribution in [0.4, 0.5) is 13.2 Å². The Kier molecular flexibility index (Phi) is 4.79. The zero-order chi connectivity index (χ0) is 15.6. The van der Waals surface area contributed by atoms with Gasteiger partial charge in [0.25, 0.3) is 0 Å². The first-order chi connectivity index (χ1) is 9.81. The molecule has 0 aliphatic rings. The van der Waals surface area contributed by atoms with Crippen LogP contribution in [0.2, 0.25) is 0 Å². The molecule has 4 nitrogen and oxygen atoms in total. The molecular formula is C11H9F3N4S3. The Hall–Kier alpha value is -1.26. The molecule has 10 heteroatoms. The lowest BCUT2D eigenvalue weighted by Gasteiger charge is -2.11. The molecule has 112 valence electrons. The van der Waals surface area contributed by atoms with E-state index in [4.69, 9.17) is 11.1 Å². The highest BCUT2D eigenvalue weighted by molar-refractivity contribution is 8.03. The zero-order valence-electron chi connectivity index (χ0n) is 10.6. The quantitative estimate of drug-likeness (QED) is 0.499. The van der Waals surface area contributed by atoms with Crippen molar-refractivity contribution in [3.63, 3.8) is 0 Å². The van der Waals surface area contributed by atoms with Gasteiger partial charge in [-0.3, -0.25) is 5.41 Å². The third-order valence-corrected chi connectivity index (χ3v) is 5.38. The van der Waals surface area contributed by atoms with E-state index in [0.29, 0.717) is 9.24 Å². The van der Waals surface area contributed by atoms with E-state index in [1.54, 1.807) is 0 Å². The summed E-state index contributed by atoms with van der Waals surface area (Å²) in [7, 11) is 0. The highest BCUT2D eigenvalue weighted by Crippen LogP contribution is 2.37. The Balaban J connectivity index is 2.36.